The first-order valence-electron chi connectivity index (χ1n) is 8.70. The number of amides is 1. The zero-order chi connectivity index (χ0) is 20.6. The number of halogens is 1. The van der Waals surface area contributed by atoms with Crippen molar-refractivity contribution in [3.63, 3.8) is 0 Å². The highest BCUT2D eigenvalue weighted by atomic mass is 35.5. The lowest BCUT2D eigenvalue weighted by molar-refractivity contribution is -0.112. The number of carbonyl (C=O) groups excluding carboxylic acids is 1. The van der Waals surface area contributed by atoms with Crippen LogP contribution in [-0.4, -0.2) is 5.91 Å². The molecule has 6 nitrogen and oxygen atoms in total. The molecule has 144 valence electrons. The van der Waals surface area contributed by atoms with Crippen molar-refractivity contribution in [2.75, 3.05) is 21.7 Å². The number of nitrogen functional groups attached to an aromatic ring is 1. The largest absolute Gasteiger partial charge is 0.399 e. The lowest BCUT2D eigenvalue weighted by Crippen LogP contribution is -2.15. The number of rotatable bonds is 6. The van der Waals surface area contributed by atoms with Crippen LogP contribution in [0.3, 0.4) is 0 Å². The summed E-state index contributed by atoms with van der Waals surface area (Å²) in [7, 11) is 0. The smallest absolute Gasteiger partial charge is 0.267 e. The van der Waals surface area contributed by atoms with Crippen LogP contribution in [0, 0.1) is 11.3 Å². The molecule has 0 saturated carbocycles. The fourth-order valence-corrected chi connectivity index (χ4v) is 2.70. The Kier molecular flexibility index (Phi) is 6.36. The predicted molar refractivity (Wildman–Crippen MR) is 118 cm³/mol. The second-order valence-corrected chi connectivity index (χ2v) is 6.48. The van der Waals surface area contributed by atoms with Crippen molar-refractivity contribution in [1.82, 2.24) is 0 Å². The van der Waals surface area contributed by atoms with Gasteiger partial charge >= 0.3 is 0 Å². The molecular weight excluding hydrogens is 386 g/mol. The van der Waals surface area contributed by atoms with Gasteiger partial charge in [0.1, 0.15) is 11.6 Å². The fraction of sp³-hybridized carbons (Fsp3) is 0. The van der Waals surface area contributed by atoms with Gasteiger partial charge in [0.25, 0.3) is 5.91 Å². The van der Waals surface area contributed by atoms with Crippen molar-refractivity contribution in [1.29, 1.82) is 5.26 Å². The number of nitriles is 1. The number of nitrogens with two attached hydrogens (primary N) is 1. The highest BCUT2D eigenvalue weighted by molar-refractivity contribution is 6.34. The topological polar surface area (TPSA) is 103 Å². The van der Waals surface area contributed by atoms with Gasteiger partial charge in [-0.05, 0) is 54.6 Å². The Labute approximate surface area is 173 Å². The molecule has 29 heavy (non-hydrogen) atoms. The van der Waals surface area contributed by atoms with Gasteiger partial charge in [-0.25, -0.2) is 0 Å². The maximum absolute atomic E-state index is 12.3. The molecule has 0 heterocycles. The number of hydrogen-bond acceptors (Lipinski definition) is 5. The minimum atomic E-state index is -0.575. The van der Waals surface area contributed by atoms with Gasteiger partial charge < -0.3 is 21.7 Å². The number of para-hydroxylation sites is 1. The molecule has 0 aliphatic heterocycles. The molecule has 0 spiro atoms. The zero-order valence-corrected chi connectivity index (χ0v) is 16.1. The average Bonchev–Trinajstić information content (AvgIpc) is 2.72. The third-order valence-corrected chi connectivity index (χ3v) is 4.25. The quantitative estimate of drug-likeness (QED) is 0.260. The van der Waals surface area contributed by atoms with Crippen LogP contribution in [0.4, 0.5) is 28.4 Å². The van der Waals surface area contributed by atoms with E-state index in [1.54, 1.807) is 12.1 Å². The van der Waals surface area contributed by atoms with E-state index in [4.69, 9.17) is 17.3 Å². The Bertz CT molecular complexity index is 1070. The Hall–Kier alpha value is -3.95. The van der Waals surface area contributed by atoms with Crippen LogP contribution in [0.5, 0.6) is 0 Å². The molecule has 0 saturated heterocycles. The maximum atomic E-state index is 12.3. The van der Waals surface area contributed by atoms with Gasteiger partial charge in [-0.1, -0.05) is 29.8 Å². The van der Waals surface area contributed by atoms with Crippen LogP contribution in [0.15, 0.2) is 84.6 Å². The molecule has 0 bridgehead atoms. The van der Waals surface area contributed by atoms with E-state index in [-0.39, 0.29) is 5.57 Å². The molecule has 0 atom stereocenters. The molecule has 5 N–H and O–H groups in total. The maximum Gasteiger partial charge on any atom is 0.267 e. The van der Waals surface area contributed by atoms with Gasteiger partial charge in [0.05, 0.1) is 10.7 Å². The normalized spacial score (nSPS) is 10.7. The number of carbonyl (C=O) groups is 1. The Morgan fingerprint density at radius 2 is 1.62 bits per heavy atom. The average molecular weight is 404 g/mol. The zero-order valence-electron chi connectivity index (χ0n) is 15.3. The molecule has 0 aliphatic rings. The molecular formula is C22H18ClN5O. The highest BCUT2D eigenvalue weighted by Gasteiger charge is 2.11. The third-order valence-electron chi connectivity index (χ3n) is 3.94. The second-order valence-electron chi connectivity index (χ2n) is 6.08. The molecule has 0 radical (unpaired) electrons. The van der Waals surface area contributed by atoms with Crippen LogP contribution in [0.1, 0.15) is 0 Å². The summed E-state index contributed by atoms with van der Waals surface area (Å²) in [5.74, 6) is -0.575. The second kappa shape index (κ2) is 9.31. The Morgan fingerprint density at radius 1 is 0.966 bits per heavy atom. The van der Waals surface area contributed by atoms with Crippen molar-refractivity contribution in [2.45, 2.75) is 0 Å². The summed E-state index contributed by atoms with van der Waals surface area (Å²) in [4.78, 5) is 12.3. The number of hydrogen-bond donors (Lipinski definition) is 4. The van der Waals surface area contributed by atoms with Crippen LogP contribution in [-0.2, 0) is 4.79 Å². The Morgan fingerprint density at radius 3 is 2.28 bits per heavy atom. The molecule has 3 aromatic rings. The van der Waals surface area contributed by atoms with Crippen molar-refractivity contribution in [3.05, 3.63) is 89.6 Å². The molecule has 0 aromatic heterocycles. The first-order valence-corrected chi connectivity index (χ1v) is 9.08. The lowest BCUT2D eigenvalue weighted by atomic mass is 10.2. The van der Waals surface area contributed by atoms with E-state index in [1.165, 1.54) is 12.3 Å². The van der Waals surface area contributed by atoms with Crippen molar-refractivity contribution < 1.29 is 4.79 Å². The van der Waals surface area contributed by atoms with Gasteiger partial charge in [0, 0.05) is 28.9 Å². The van der Waals surface area contributed by atoms with Crippen LogP contribution in [0.2, 0.25) is 5.02 Å². The SMILES string of the molecule is N#C/C(=C/Nc1ccc(Nc2ccccc2)cc1)C(=O)Nc1ccc(N)cc1Cl. The summed E-state index contributed by atoms with van der Waals surface area (Å²) >= 11 is 6.05. The first-order chi connectivity index (χ1) is 14.0. The van der Waals surface area contributed by atoms with Gasteiger partial charge in [-0.15, -0.1) is 0 Å². The molecule has 3 rings (SSSR count). The summed E-state index contributed by atoms with van der Waals surface area (Å²) in [6.07, 6.45) is 1.35. The molecule has 1 amide bonds. The molecule has 0 aliphatic carbocycles. The van der Waals surface area contributed by atoms with Gasteiger partial charge in [0.2, 0.25) is 0 Å². The summed E-state index contributed by atoms with van der Waals surface area (Å²) < 4.78 is 0. The van der Waals surface area contributed by atoms with Crippen LogP contribution in [0.25, 0.3) is 0 Å². The van der Waals surface area contributed by atoms with E-state index in [0.717, 1.165) is 17.1 Å². The van der Waals surface area contributed by atoms with Gasteiger partial charge in [0.15, 0.2) is 0 Å². The minimum Gasteiger partial charge on any atom is -0.399 e. The van der Waals surface area contributed by atoms with E-state index < -0.39 is 5.91 Å². The summed E-state index contributed by atoms with van der Waals surface area (Å²) in [6.45, 7) is 0. The predicted octanol–water partition coefficient (Wildman–Crippen LogP) is 5.12. The van der Waals surface area contributed by atoms with Crippen molar-refractivity contribution >= 4 is 45.9 Å². The van der Waals surface area contributed by atoms with Crippen molar-refractivity contribution in [2.24, 2.45) is 0 Å². The first kappa shape index (κ1) is 19.8. The summed E-state index contributed by atoms with van der Waals surface area (Å²) in [6, 6.07) is 23.9. The number of nitrogens with one attached hydrogen (secondary N) is 3. The van der Waals surface area contributed by atoms with E-state index in [0.29, 0.717) is 16.4 Å². The van der Waals surface area contributed by atoms with Gasteiger partial charge in [-0.3, -0.25) is 4.79 Å². The van der Waals surface area contributed by atoms with Crippen LogP contribution >= 0.6 is 11.6 Å². The fourth-order valence-electron chi connectivity index (χ4n) is 2.46. The number of nitrogens with zero attached hydrogens (tertiary/aromatic N) is 1. The third kappa shape index (κ3) is 5.51. The molecule has 0 fully saturated rings. The van der Waals surface area contributed by atoms with E-state index in [1.807, 2.05) is 60.7 Å². The summed E-state index contributed by atoms with van der Waals surface area (Å²) in [5.41, 5.74) is 9.04. The van der Waals surface area contributed by atoms with Crippen LogP contribution < -0.4 is 21.7 Å². The van der Waals surface area contributed by atoms with Crippen molar-refractivity contribution in [3.8, 4) is 6.07 Å². The van der Waals surface area contributed by atoms with E-state index in [2.05, 4.69) is 16.0 Å². The standard InChI is InChI=1S/C22H18ClN5O/c23-20-12-16(25)6-11-21(20)28-22(29)15(13-24)14-26-17-7-9-19(10-8-17)27-18-4-2-1-3-5-18/h1-12,14,26-27H,25H2,(H,28,29)/b15-14-. The molecule has 3 aromatic carbocycles. The minimum absolute atomic E-state index is 0.0932. The lowest BCUT2D eigenvalue weighted by Gasteiger charge is -2.09. The molecule has 0 unspecified atom stereocenters. The van der Waals surface area contributed by atoms with E-state index >= 15 is 0 Å². The molecule has 7 heteroatoms. The highest BCUT2D eigenvalue weighted by Crippen LogP contribution is 2.24. The Balaban J connectivity index is 1.63. The van der Waals surface area contributed by atoms with Gasteiger partial charge in [-0.2, -0.15) is 5.26 Å². The monoisotopic (exact) mass is 403 g/mol. The summed E-state index contributed by atoms with van der Waals surface area (Å²) in [5, 5.41) is 18.4. The number of anilines is 5. The van der Waals surface area contributed by atoms with E-state index in [9.17, 15) is 10.1 Å². The number of benzene rings is 3.